The third kappa shape index (κ3) is 52.9. The lowest BCUT2D eigenvalue weighted by molar-refractivity contribution is -0.167. The maximum atomic E-state index is 12.8. The Kier molecular flexibility index (Phi) is 51.5. The van der Waals surface area contributed by atoms with Gasteiger partial charge in [0, 0.05) is 19.3 Å². The van der Waals surface area contributed by atoms with Crippen LogP contribution in [0, 0.1) is 0 Å². The van der Waals surface area contributed by atoms with Crippen LogP contribution in [0.4, 0.5) is 0 Å². The molecule has 0 N–H and O–H groups in total. The second-order valence-electron chi connectivity index (χ2n) is 17.8. The lowest BCUT2D eigenvalue weighted by atomic mass is 10.1. The minimum Gasteiger partial charge on any atom is -0.462 e. The van der Waals surface area contributed by atoms with Crippen LogP contribution in [0.25, 0.3) is 0 Å². The van der Waals surface area contributed by atoms with Crippen LogP contribution in [0.1, 0.15) is 239 Å². The first-order valence-electron chi connectivity index (χ1n) is 27.4. The molecular formula is C61H100O6. The first-order chi connectivity index (χ1) is 33.0. The molecule has 0 amide bonds. The third-order valence-electron chi connectivity index (χ3n) is 11.2. The Bertz CT molecular complexity index is 1390. The monoisotopic (exact) mass is 929 g/mol. The van der Waals surface area contributed by atoms with Crippen molar-refractivity contribution in [2.75, 3.05) is 13.2 Å². The molecule has 0 unspecified atom stereocenters. The van der Waals surface area contributed by atoms with Crippen LogP contribution in [0.5, 0.6) is 0 Å². The van der Waals surface area contributed by atoms with Gasteiger partial charge < -0.3 is 14.2 Å². The molecule has 0 aromatic heterocycles. The Morgan fingerprint density at radius 3 is 0.940 bits per heavy atom. The van der Waals surface area contributed by atoms with Gasteiger partial charge in [-0.2, -0.15) is 0 Å². The lowest BCUT2D eigenvalue weighted by Gasteiger charge is -2.18. The molecule has 0 rings (SSSR count). The predicted molar refractivity (Wildman–Crippen MR) is 288 cm³/mol. The minimum atomic E-state index is -0.834. The summed E-state index contributed by atoms with van der Waals surface area (Å²) in [6.45, 7) is 6.47. The van der Waals surface area contributed by atoms with E-state index < -0.39 is 6.10 Å². The van der Waals surface area contributed by atoms with E-state index in [2.05, 4.69) is 130 Å². The summed E-state index contributed by atoms with van der Waals surface area (Å²) in [5, 5.41) is 0. The minimum absolute atomic E-state index is 0.123. The van der Waals surface area contributed by atoms with Crippen molar-refractivity contribution in [3.63, 3.8) is 0 Å². The van der Waals surface area contributed by atoms with Crippen molar-refractivity contribution in [3.05, 3.63) is 109 Å². The molecule has 6 nitrogen and oxygen atoms in total. The molecule has 6 heteroatoms. The highest BCUT2D eigenvalue weighted by atomic mass is 16.6. The van der Waals surface area contributed by atoms with Crippen molar-refractivity contribution in [2.45, 2.75) is 245 Å². The first kappa shape index (κ1) is 63.1. The number of allylic oxidation sites excluding steroid dienone is 18. The van der Waals surface area contributed by atoms with E-state index >= 15 is 0 Å². The van der Waals surface area contributed by atoms with E-state index in [9.17, 15) is 14.4 Å². The molecule has 0 saturated heterocycles. The maximum Gasteiger partial charge on any atom is 0.306 e. The van der Waals surface area contributed by atoms with Crippen molar-refractivity contribution in [3.8, 4) is 0 Å². The van der Waals surface area contributed by atoms with Crippen LogP contribution in [-0.4, -0.2) is 37.2 Å². The Labute approximate surface area is 412 Å². The third-order valence-corrected chi connectivity index (χ3v) is 11.2. The molecule has 380 valence electrons. The summed E-state index contributed by atoms with van der Waals surface area (Å²) in [6.07, 6.45) is 73.7. The zero-order valence-corrected chi connectivity index (χ0v) is 43.4. The van der Waals surface area contributed by atoms with E-state index in [-0.39, 0.29) is 44.0 Å². The van der Waals surface area contributed by atoms with Gasteiger partial charge in [0.15, 0.2) is 6.10 Å². The molecule has 67 heavy (non-hydrogen) atoms. The van der Waals surface area contributed by atoms with Gasteiger partial charge in [-0.15, -0.1) is 0 Å². The van der Waals surface area contributed by atoms with Gasteiger partial charge in [-0.05, 0) is 122 Å². The fourth-order valence-corrected chi connectivity index (χ4v) is 7.07. The summed E-state index contributed by atoms with van der Waals surface area (Å²) in [4.78, 5) is 38.0. The zero-order valence-electron chi connectivity index (χ0n) is 43.4. The second kappa shape index (κ2) is 54.7. The van der Waals surface area contributed by atoms with Crippen molar-refractivity contribution >= 4 is 17.9 Å². The van der Waals surface area contributed by atoms with E-state index in [0.717, 1.165) is 83.5 Å². The molecule has 0 spiro atoms. The number of carbonyl (C=O) groups excluding carboxylic acids is 3. The van der Waals surface area contributed by atoms with Gasteiger partial charge in [0.2, 0.25) is 0 Å². The van der Waals surface area contributed by atoms with E-state index in [1.165, 1.54) is 103 Å². The normalized spacial score (nSPS) is 12.9. The fraction of sp³-hybridized carbons (Fsp3) is 0.656. The fourth-order valence-electron chi connectivity index (χ4n) is 7.07. The summed E-state index contributed by atoms with van der Waals surface area (Å²) in [5.41, 5.74) is 0. The average Bonchev–Trinajstić information content (AvgIpc) is 3.33. The van der Waals surface area contributed by atoms with Crippen LogP contribution in [0.15, 0.2) is 109 Å². The molecule has 0 aliphatic rings. The second-order valence-corrected chi connectivity index (χ2v) is 17.8. The summed E-state index contributed by atoms with van der Waals surface area (Å²) in [5.74, 6) is -1.05. The number of unbranched alkanes of at least 4 members (excludes halogenated alkanes) is 19. The molecule has 0 aliphatic heterocycles. The van der Waals surface area contributed by atoms with Crippen LogP contribution < -0.4 is 0 Å². The van der Waals surface area contributed by atoms with Gasteiger partial charge in [0.25, 0.3) is 0 Å². The number of carbonyl (C=O) groups is 3. The van der Waals surface area contributed by atoms with Crippen LogP contribution >= 0.6 is 0 Å². The average molecular weight is 929 g/mol. The zero-order chi connectivity index (χ0) is 48.6. The topological polar surface area (TPSA) is 78.9 Å². The van der Waals surface area contributed by atoms with Gasteiger partial charge >= 0.3 is 17.9 Å². The smallest absolute Gasteiger partial charge is 0.306 e. The molecule has 0 saturated carbocycles. The quantitative estimate of drug-likeness (QED) is 0.0262. The Balaban J connectivity index is 4.59. The van der Waals surface area contributed by atoms with Crippen molar-refractivity contribution in [2.24, 2.45) is 0 Å². The van der Waals surface area contributed by atoms with Crippen LogP contribution in [0.3, 0.4) is 0 Å². The highest BCUT2D eigenvalue weighted by Gasteiger charge is 2.19. The van der Waals surface area contributed by atoms with Gasteiger partial charge in [-0.3, -0.25) is 14.4 Å². The lowest BCUT2D eigenvalue weighted by Crippen LogP contribution is -2.30. The molecule has 0 aliphatic carbocycles. The van der Waals surface area contributed by atoms with E-state index in [4.69, 9.17) is 14.2 Å². The largest absolute Gasteiger partial charge is 0.462 e. The van der Waals surface area contributed by atoms with Crippen molar-refractivity contribution < 1.29 is 28.6 Å². The molecule has 0 heterocycles. The molecule has 0 aromatic rings. The highest BCUT2D eigenvalue weighted by Crippen LogP contribution is 2.12. The predicted octanol–water partition coefficient (Wildman–Crippen LogP) is 18.3. The molecule has 0 fully saturated rings. The van der Waals surface area contributed by atoms with Crippen LogP contribution in [-0.2, 0) is 28.6 Å². The number of rotatable bonds is 48. The van der Waals surface area contributed by atoms with Crippen molar-refractivity contribution in [1.82, 2.24) is 0 Å². The van der Waals surface area contributed by atoms with Gasteiger partial charge in [0.05, 0.1) is 0 Å². The Morgan fingerprint density at radius 1 is 0.299 bits per heavy atom. The first-order valence-corrected chi connectivity index (χ1v) is 27.4. The number of ether oxygens (including phenoxy) is 3. The van der Waals surface area contributed by atoms with Gasteiger partial charge in [0.1, 0.15) is 13.2 Å². The summed E-state index contributed by atoms with van der Waals surface area (Å²) < 4.78 is 16.7. The Morgan fingerprint density at radius 2 is 0.552 bits per heavy atom. The molecule has 0 radical (unpaired) electrons. The number of hydrogen-bond acceptors (Lipinski definition) is 6. The summed E-state index contributed by atoms with van der Waals surface area (Å²) in [7, 11) is 0. The van der Waals surface area contributed by atoms with E-state index in [0.29, 0.717) is 19.3 Å². The highest BCUT2D eigenvalue weighted by molar-refractivity contribution is 5.71. The molecule has 1 atom stereocenters. The van der Waals surface area contributed by atoms with E-state index in [1.54, 1.807) is 0 Å². The maximum absolute atomic E-state index is 12.8. The SMILES string of the molecule is CCCCCC=CCC=CCC=CCC=CCCCC(=O)OC[C@@H](COC(=O)CCCCCCCC=CCCCCCCCC)OC(=O)CCCC=CCC=CCC=CCC=CCCCCC. The summed E-state index contributed by atoms with van der Waals surface area (Å²) >= 11 is 0. The summed E-state index contributed by atoms with van der Waals surface area (Å²) in [6, 6.07) is 0. The molecule has 0 bridgehead atoms. The van der Waals surface area contributed by atoms with Crippen LogP contribution in [0.2, 0.25) is 0 Å². The number of hydrogen-bond donors (Lipinski definition) is 0. The molecular weight excluding hydrogens is 829 g/mol. The molecule has 0 aromatic carbocycles. The van der Waals surface area contributed by atoms with Gasteiger partial charge in [-0.1, -0.05) is 207 Å². The van der Waals surface area contributed by atoms with Gasteiger partial charge in [-0.25, -0.2) is 0 Å². The van der Waals surface area contributed by atoms with Crippen molar-refractivity contribution in [1.29, 1.82) is 0 Å². The van der Waals surface area contributed by atoms with E-state index in [1.807, 2.05) is 0 Å². The standard InChI is InChI=1S/C61H100O6/c1-4-7-10-13-16-19-22-25-28-30-33-36-39-42-45-48-51-54-60(63)66-57-58(56-65-59(62)53-50-47-44-41-38-35-32-27-24-21-18-15-12-9-6-3)67-61(64)55-52-49-46-43-40-37-34-31-29-26-23-20-17-14-11-8-5-2/h16-17,19-20,25-29,32-34,36-37,42-43,45-46,58H,4-15,18,21-24,30-31,35,38-41,44,47-57H2,1-3H3/t58-/m1/s1. The Hall–Kier alpha value is -3.93. The number of esters is 3.